The maximum atomic E-state index is 11.9. The van der Waals surface area contributed by atoms with Gasteiger partial charge in [0, 0.05) is 12.7 Å². The van der Waals surface area contributed by atoms with Crippen LogP contribution < -0.4 is 0 Å². The standard InChI is InChI=1S/C8H9ClN2O3S/c9-8-3-2-7(6-10-8)15(12,13)11-4-1-5-14-11/h2-3,6H,1,4-5H2. The first-order valence-electron chi connectivity index (χ1n) is 4.38. The zero-order chi connectivity index (χ0) is 10.9. The Labute approximate surface area is 92.6 Å². The van der Waals surface area contributed by atoms with Crippen LogP contribution in [-0.4, -0.2) is 31.0 Å². The van der Waals surface area contributed by atoms with Crippen LogP contribution >= 0.6 is 11.6 Å². The van der Waals surface area contributed by atoms with Crippen molar-refractivity contribution in [1.82, 2.24) is 9.45 Å². The monoisotopic (exact) mass is 248 g/mol. The van der Waals surface area contributed by atoms with Crippen LogP contribution in [0, 0.1) is 0 Å². The number of aromatic nitrogens is 1. The summed E-state index contributed by atoms with van der Waals surface area (Å²) in [5, 5.41) is 0.260. The van der Waals surface area contributed by atoms with Crippen molar-refractivity contribution in [2.75, 3.05) is 13.2 Å². The SMILES string of the molecule is O=S(=O)(c1ccc(Cl)nc1)N1CCCO1. The van der Waals surface area contributed by atoms with E-state index in [0.717, 1.165) is 4.47 Å². The molecule has 1 aliphatic rings. The van der Waals surface area contributed by atoms with E-state index in [9.17, 15) is 8.42 Å². The van der Waals surface area contributed by atoms with E-state index >= 15 is 0 Å². The first-order valence-corrected chi connectivity index (χ1v) is 6.20. The van der Waals surface area contributed by atoms with Crippen molar-refractivity contribution >= 4 is 21.6 Å². The van der Waals surface area contributed by atoms with Gasteiger partial charge in [-0.05, 0) is 18.6 Å². The lowest BCUT2D eigenvalue weighted by molar-refractivity contribution is -0.0284. The molecule has 1 aliphatic heterocycles. The summed E-state index contributed by atoms with van der Waals surface area (Å²) in [7, 11) is -3.57. The minimum atomic E-state index is -3.57. The van der Waals surface area contributed by atoms with E-state index in [0.29, 0.717) is 19.6 Å². The van der Waals surface area contributed by atoms with Crippen molar-refractivity contribution in [3.05, 3.63) is 23.5 Å². The van der Waals surface area contributed by atoms with Gasteiger partial charge in [-0.3, -0.25) is 4.84 Å². The summed E-state index contributed by atoms with van der Waals surface area (Å²) in [5.74, 6) is 0. The van der Waals surface area contributed by atoms with Gasteiger partial charge in [-0.25, -0.2) is 13.4 Å². The summed E-state index contributed by atoms with van der Waals surface area (Å²) in [6.07, 6.45) is 1.93. The predicted octanol–water partition coefficient (Wildman–Crippen LogP) is 1.06. The van der Waals surface area contributed by atoms with Crippen molar-refractivity contribution in [1.29, 1.82) is 0 Å². The molecule has 1 aromatic heterocycles. The Balaban J connectivity index is 2.32. The number of hydrogen-bond acceptors (Lipinski definition) is 4. The minimum Gasteiger partial charge on any atom is -0.284 e. The normalized spacial score (nSPS) is 18.2. The molecule has 0 aromatic carbocycles. The first-order chi connectivity index (χ1) is 7.10. The van der Waals surface area contributed by atoms with Gasteiger partial charge in [-0.1, -0.05) is 16.1 Å². The molecule has 1 aromatic rings. The zero-order valence-electron chi connectivity index (χ0n) is 7.76. The Hall–Kier alpha value is -0.690. The van der Waals surface area contributed by atoms with Crippen LogP contribution in [-0.2, 0) is 14.9 Å². The van der Waals surface area contributed by atoms with Crippen LogP contribution in [0.2, 0.25) is 5.15 Å². The van der Waals surface area contributed by atoms with Gasteiger partial charge in [0.2, 0.25) is 0 Å². The number of rotatable bonds is 2. The number of halogens is 1. The van der Waals surface area contributed by atoms with Gasteiger partial charge in [0.15, 0.2) is 0 Å². The topological polar surface area (TPSA) is 59.5 Å². The third-order valence-electron chi connectivity index (χ3n) is 1.99. The van der Waals surface area contributed by atoms with Gasteiger partial charge in [0.1, 0.15) is 10.0 Å². The van der Waals surface area contributed by atoms with E-state index in [1.165, 1.54) is 18.3 Å². The average molecular weight is 249 g/mol. The molecule has 2 heterocycles. The molecule has 0 unspecified atom stereocenters. The fourth-order valence-corrected chi connectivity index (χ4v) is 2.60. The molecule has 0 saturated carbocycles. The van der Waals surface area contributed by atoms with Crippen LogP contribution in [0.4, 0.5) is 0 Å². The third-order valence-corrected chi connectivity index (χ3v) is 3.87. The maximum absolute atomic E-state index is 11.9. The Bertz CT molecular complexity index is 439. The van der Waals surface area contributed by atoms with E-state index in [2.05, 4.69) is 4.98 Å². The lowest BCUT2D eigenvalue weighted by Crippen LogP contribution is -2.26. The second-order valence-electron chi connectivity index (χ2n) is 3.03. The number of pyridine rings is 1. The van der Waals surface area contributed by atoms with Crippen molar-refractivity contribution in [2.24, 2.45) is 0 Å². The summed E-state index contributed by atoms with van der Waals surface area (Å²) >= 11 is 5.57. The number of hydroxylamine groups is 1. The summed E-state index contributed by atoms with van der Waals surface area (Å²) in [4.78, 5) is 8.80. The smallest absolute Gasteiger partial charge is 0.266 e. The van der Waals surface area contributed by atoms with Crippen LogP contribution in [0.5, 0.6) is 0 Å². The summed E-state index contributed by atoms with van der Waals surface area (Å²) in [6, 6.07) is 2.84. The lowest BCUT2D eigenvalue weighted by Gasteiger charge is -2.13. The molecule has 5 nitrogen and oxygen atoms in total. The number of sulfonamides is 1. The van der Waals surface area contributed by atoms with E-state index < -0.39 is 10.0 Å². The first kappa shape index (κ1) is 10.8. The molecule has 82 valence electrons. The molecule has 1 saturated heterocycles. The summed E-state index contributed by atoms with van der Waals surface area (Å²) in [6.45, 7) is 0.811. The molecule has 7 heteroatoms. The Morgan fingerprint density at radius 2 is 2.27 bits per heavy atom. The van der Waals surface area contributed by atoms with Crippen molar-refractivity contribution in [3.8, 4) is 0 Å². The molecule has 0 atom stereocenters. The van der Waals surface area contributed by atoms with Crippen LogP contribution in [0.25, 0.3) is 0 Å². The van der Waals surface area contributed by atoms with E-state index in [-0.39, 0.29) is 10.0 Å². The third kappa shape index (κ3) is 2.12. The Morgan fingerprint density at radius 1 is 1.47 bits per heavy atom. The van der Waals surface area contributed by atoms with E-state index in [1.807, 2.05) is 0 Å². The summed E-state index contributed by atoms with van der Waals surface area (Å²) in [5.41, 5.74) is 0. The molecular formula is C8H9ClN2O3S. The van der Waals surface area contributed by atoms with Gasteiger partial charge in [-0.15, -0.1) is 0 Å². The highest BCUT2D eigenvalue weighted by Gasteiger charge is 2.28. The minimum absolute atomic E-state index is 0.0915. The van der Waals surface area contributed by atoms with E-state index in [1.54, 1.807) is 0 Å². The average Bonchev–Trinajstić information content (AvgIpc) is 2.71. The lowest BCUT2D eigenvalue weighted by atomic mass is 10.5. The maximum Gasteiger partial charge on any atom is 0.266 e. The molecule has 0 amide bonds. The highest BCUT2D eigenvalue weighted by Crippen LogP contribution is 2.19. The van der Waals surface area contributed by atoms with Gasteiger partial charge in [0.25, 0.3) is 10.0 Å². The van der Waals surface area contributed by atoms with Crippen LogP contribution in [0.15, 0.2) is 23.2 Å². The molecule has 2 rings (SSSR count). The molecule has 0 N–H and O–H groups in total. The molecular weight excluding hydrogens is 240 g/mol. The van der Waals surface area contributed by atoms with Crippen molar-refractivity contribution in [3.63, 3.8) is 0 Å². The molecule has 15 heavy (non-hydrogen) atoms. The largest absolute Gasteiger partial charge is 0.284 e. The molecule has 0 radical (unpaired) electrons. The van der Waals surface area contributed by atoms with Gasteiger partial charge in [0.05, 0.1) is 6.61 Å². The zero-order valence-corrected chi connectivity index (χ0v) is 9.33. The predicted molar refractivity (Wildman–Crippen MR) is 53.7 cm³/mol. The second kappa shape index (κ2) is 4.05. The van der Waals surface area contributed by atoms with Gasteiger partial charge < -0.3 is 0 Å². The summed E-state index contributed by atoms with van der Waals surface area (Å²) < 4.78 is 24.7. The van der Waals surface area contributed by atoms with Crippen LogP contribution in [0.1, 0.15) is 6.42 Å². The van der Waals surface area contributed by atoms with Crippen LogP contribution in [0.3, 0.4) is 0 Å². The fourth-order valence-electron chi connectivity index (χ4n) is 1.25. The highest BCUT2D eigenvalue weighted by atomic mass is 35.5. The fraction of sp³-hybridized carbons (Fsp3) is 0.375. The van der Waals surface area contributed by atoms with E-state index in [4.69, 9.17) is 16.4 Å². The molecule has 0 bridgehead atoms. The van der Waals surface area contributed by atoms with Gasteiger partial charge in [-0.2, -0.15) is 0 Å². The van der Waals surface area contributed by atoms with Crippen molar-refractivity contribution in [2.45, 2.75) is 11.3 Å². The number of nitrogens with zero attached hydrogens (tertiary/aromatic N) is 2. The molecule has 0 aliphatic carbocycles. The second-order valence-corrected chi connectivity index (χ2v) is 5.25. The number of hydrogen-bond donors (Lipinski definition) is 0. The van der Waals surface area contributed by atoms with Gasteiger partial charge >= 0.3 is 0 Å². The highest BCUT2D eigenvalue weighted by molar-refractivity contribution is 7.89. The van der Waals surface area contributed by atoms with Crippen molar-refractivity contribution < 1.29 is 13.3 Å². The Morgan fingerprint density at radius 3 is 2.80 bits per heavy atom. The molecule has 1 fully saturated rings. The Kier molecular flexibility index (Phi) is 2.92. The quantitative estimate of drug-likeness (QED) is 0.735. The molecule has 0 spiro atoms.